The van der Waals surface area contributed by atoms with Gasteiger partial charge in [0.2, 0.25) is 11.7 Å². The average molecular weight is 355 g/mol. The molecule has 138 valence electrons. The van der Waals surface area contributed by atoms with Gasteiger partial charge in [0.25, 0.3) is 0 Å². The molecule has 0 aromatic heterocycles. The lowest BCUT2D eigenvalue weighted by Crippen LogP contribution is -2.25. The Morgan fingerprint density at radius 3 is 2.31 bits per heavy atom. The van der Waals surface area contributed by atoms with Crippen LogP contribution >= 0.6 is 0 Å². The molecule has 0 unspecified atom stereocenters. The summed E-state index contributed by atoms with van der Waals surface area (Å²) in [5, 5.41) is 2.92. The molecule has 1 N–H and O–H groups in total. The van der Waals surface area contributed by atoms with E-state index in [2.05, 4.69) is 24.4 Å². The minimum atomic E-state index is -0.162. The van der Waals surface area contributed by atoms with Crippen molar-refractivity contribution in [1.29, 1.82) is 0 Å². The number of hydrogen-bond donors (Lipinski definition) is 1. The Balaban J connectivity index is 2.04. The number of carbonyl (C=O) groups is 1. The van der Waals surface area contributed by atoms with Gasteiger partial charge in [-0.15, -0.1) is 0 Å². The van der Waals surface area contributed by atoms with Gasteiger partial charge in [-0.05, 0) is 29.7 Å². The highest BCUT2D eigenvalue weighted by Gasteiger charge is 2.14. The summed E-state index contributed by atoms with van der Waals surface area (Å²) in [6.45, 7) is 2.65. The van der Waals surface area contributed by atoms with E-state index in [9.17, 15) is 4.79 Å². The number of carbonyl (C=O) groups excluding carboxylic acids is 1. The second kappa shape index (κ2) is 9.51. The second-order valence-electron chi connectivity index (χ2n) is 5.81. The SMILES string of the molecule is COc1ccc(/C=C/C(=O)NC[C@H](C)c2ccccc2)c(OC)c1OC. The number of hydrogen-bond acceptors (Lipinski definition) is 4. The van der Waals surface area contributed by atoms with Crippen LogP contribution in [-0.2, 0) is 4.79 Å². The first kappa shape index (κ1) is 19.4. The summed E-state index contributed by atoms with van der Waals surface area (Å²) in [7, 11) is 4.66. The molecule has 5 heteroatoms. The third-order valence-electron chi connectivity index (χ3n) is 4.10. The van der Waals surface area contributed by atoms with Crippen molar-refractivity contribution in [2.45, 2.75) is 12.8 Å². The molecule has 0 aliphatic heterocycles. The zero-order valence-electron chi connectivity index (χ0n) is 15.6. The highest BCUT2D eigenvalue weighted by molar-refractivity contribution is 5.92. The number of rotatable bonds is 8. The molecule has 2 rings (SSSR count). The molecule has 0 saturated heterocycles. The van der Waals surface area contributed by atoms with Crippen molar-refractivity contribution in [1.82, 2.24) is 5.32 Å². The van der Waals surface area contributed by atoms with Crippen LogP contribution in [0.15, 0.2) is 48.5 Å². The molecule has 26 heavy (non-hydrogen) atoms. The predicted molar refractivity (Wildman–Crippen MR) is 103 cm³/mol. The van der Waals surface area contributed by atoms with Gasteiger partial charge in [0, 0.05) is 18.2 Å². The lowest BCUT2D eigenvalue weighted by molar-refractivity contribution is -0.116. The topological polar surface area (TPSA) is 56.8 Å². The van der Waals surface area contributed by atoms with E-state index in [1.54, 1.807) is 33.5 Å². The van der Waals surface area contributed by atoms with E-state index in [-0.39, 0.29) is 11.8 Å². The zero-order chi connectivity index (χ0) is 18.9. The molecule has 0 bridgehead atoms. The Kier molecular flexibility index (Phi) is 7.09. The summed E-state index contributed by atoms with van der Waals surface area (Å²) < 4.78 is 16.0. The van der Waals surface area contributed by atoms with Gasteiger partial charge in [-0.25, -0.2) is 0 Å². The van der Waals surface area contributed by atoms with Gasteiger partial charge in [-0.1, -0.05) is 37.3 Å². The summed E-state index contributed by atoms with van der Waals surface area (Å²) in [5.41, 5.74) is 1.93. The fourth-order valence-electron chi connectivity index (χ4n) is 2.63. The third-order valence-corrected chi connectivity index (χ3v) is 4.10. The second-order valence-corrected chi connectivity index (χ2v) is 5.81. The summed E-state index contributed by atoms with van der Waals surface area (Å²) in [5.74, 6) is 1.67. The van der Waals surface area contributed by atoms with Crippen molar-refractivity contribution in [3.63, 3.8) is 0 Å². The van der Waals surface area contributed by atoms with E-state index in [1.807, 2.05) is 24.3 Å². The number of methoxy groups -OCH3 is 3. The highest BCUT2D eigenvalue weighted by Crippen LogP contribution is 2.40. The molecular formula is C21H25NO4. The predicted octanol–water partition coefficient (Wildman–Crippen LogP) is 3.65. The number of amides is 1. The van der Waals surface area contributed by atoms with E-state index in [0.29, 0.717) is 23.8 Å². The van der Waals surface area contributed by atoms with Gasteiger partial charge in [0.05, 0.1) is 21.3 Å². The Labute approximate surface area is 154 Å². The molecule has 0 radical (unpaired) electrons. The molecule has 0 spiro atoms. The Morgan fingerprint density at radius 1 is 1.00 bits per heavy atom. The lowest BCUT2D eigenvalue weighted by Gasteiger charge is -2.14. The summed E-state index contributed by atoms with van der Waals surface area (Å²) in [4.78, 5) is 12.1. The largest absolute Gasteiger partial charge is 0.493 e. The van der Waals surface area contributed by atoms with E-state index >= 15 is 0 Å². The van der Waals surface area contributed by atoms with Gasteiger partial charge < -0.3 is 19.5 Å². The highest BCUT2D eigenvalue weighted by atomic mass is 16.5. The van der Waals surface area contributed by atoms with Gasteiger partial charge in [0.15, 0.2) is 11.5 Å². The molecule has 1 amide bonds. The lowest BCUT2D eigenvalue weighted by atomic mass is 10.0. The first-order chi connectivity index (χ1) is 12.6. The number of ether oxygens (including phenoxy) is 3. The minimum Gasteiger partial charge on any atom is -0.493 e. The van der Waals surface area contributed by atoms with Crippen LogP contribution in [0.5, 0.6) is 17.2 Å². The fraction of sp³-hybridized carbons (Fsp3) is 0.286. The number of nitrogens with one attached hydrogen (secondary N) is 1. The maximum absolute atomic E-state index is 12.1. The molecule has 2 aromatic carbocycles. The Hall–Kier alpha value is -2.95. The quantitative estimate of drug-likeness (QED) is 0.735. The Morgan fingerprint density at radius 2 is 1.69 bits per heavy atom. The van der Waals surface area contributed by atoms with Crippen molar-refractivity contribution < 1.29 is 19.0 Å². The average Bonchev–Trinajstić information content (AvgIpc) is 2.69. The van der Waals surface area contributed by atoms with Crippen molar-refractivity contribution in [2.24, 2.45) is 0 Å². The van der Waals surface area contributed by atoms with Crippen LogP contribution in [0.25, 0.3) is 6.08 Å². The van der Waals surface area contributed by atoms with Crippen LogP contribution in [0.4, 0.5) is 0 Å². The molecule has 1 atom stereocenters. The third kappa shape index (κ3) is 4.79. The molecule has 0 aliphatic carbocycles. The van der Waals surface area contributed by atoms with Gasteiger partial charge in [0.1, 0.15) is 0 Å². The van der Waals surface area contributed by atoms with Crippen LogP contribution < -0.4 is 19.5 Å². The van der Waals surface area contributed by atoms with Crippen molar-refractivity contribution in [3.05, 3.63) is 59.7 Å². The molecule has 0 saturated carbocycles. The van der Waals surface area contributed by atoms with Crippen molar-refractivity contribution >= 4 is 12.0 Å². The van der Waals surface area contributed by atoms with E-state index < -0.39 is 0 Å². The van der Waals surface area contributed by atoms with E-state index in [0.717, 1.165) is 5.56 Å². The Bertz CT molecular complexity index is 756. The molecule has 0 aliphatic rings. The van der Waals surface area contributed by atoms with Crippen molar-refractivity contribution in [3.8, 4) is 17.2 Å². The molecule has 0 fully saturated rings. The smallest absolute Gasteiger partial charge is 0.244 e. The summed E-state index contributed by atoms with van der Waals surface area (Å²) in [6.07, 6.45) is 3.19. The van der Waals surface area contributed by atoms with Crippen LogP contribution in [0.3, 0.4) is 0 Å². The van der Waals surface area contributed by atoms with Gasteiger partial charge in [-0.3, -0.25) is 4.79 Å². The maximum atomic E-state index is 12.1. The fourth-order valence-corrected chi connectivity index (χ4v) is 2.63. The van der Waals surface area contributed by atoms with E-state index in [4.69, 9.17) is 14.2 Å². The minimum absolute atomic E-state index is 0.162. The van der Waals surface area contributed by atoms with Crippen LogP contribution in [0.2, 0.25) is 0 Å². The van der Waals surface area contributed by atoms with Gasteiger partial charge in [-0.2, -0.15) is 0 Å². The molecule has 0 heterocycles. The normalized spacial score (nSPS) is 11.8. The molecule has 5 nitrogen and oxygen atoms in total. The maximum Gasteiger partial charge on any atom is 0.244 e. The first-order valence-corrected chi connectivity index (χ1v) is 8.40. The molecular weight excluding hydrogens is 330 g/mol. The monoisotopic (exact) mass is 355 g/mol. The first-order valence-electron chi connectivity index (χ1n) is 8.40. The standard InChI is InChI=1S/C21H25NO4/c1-15(16-8-6-5-7-9-16)14-22-19(23)13-11-17-10-12-18(24-2)21(26-4)20(17)25-3/h5-13,15H,14H2,1-4H3,(H,22,23)/b13-11+/t15-/m0/s1. The summed E-state index contributed by atoms with van der Waals surface area (Å²) >= 11 is 0. The van der Waals surface area contributed by atoms with E-state index in [1.165, 1.54) is 11.6 Å². The van der Waals surface area contributed by atoms with Gasteiger partial charge >= 0.3 is 0 Å². The van der Waals surface area contributed by atoms with Crippen molar-refractivity contribution in [2.75, 3.05) is 27.9 Å². The van der Waals surface area contributed by atoms with Crippen LogP contribution in [0.1, 0.15) is 24.0 Å². The number of benzene rings is 2. The summed E-state index contributed by atoms with van der Waals surface area (Å²) in [6, 6.07) is 13.7. The zero-order valence-corrected chi connectivity index (χ0v) is 15.6. The van der Waals surface area contributed by atoms with Crippen LogP contribution in [-0.4, -0.2) is 33.8 Å². The molecule has 2 aromatic rings. The van der Waals surface area contributed by atoms with Crippen LogP contribution in [0, 0.1) is 0 Å².